The molecule has 2 aliphatic heterocycles. The van der Waals surface area contributed by atoms with E-state index in [4.69, 9.17) is 0 Å². The number of rotatable bonds is 5. The van der Waals surface area contributed by atoms with Crippen LogP contribution in [-0.4, -0.2) is 69.8 Å². The topological polar surface area (TPSA) is 56.0 Å². The van der Waals surface area contributed by atoms with Gasteiger partial charge in [0.05, 0.1) is 0 Å². The Morgan fingerprint density at radius 1 is 1.24 bits per heavy atom. The number of aliphatic imine (C=N–C) groups is 1. The van der Waals surface area contributed by atoms with Gasteiger partial charge in [-0.1, -0.05) is 43.0 Å². The van der Waals surface area contributed by atoms with Crippen LogP contribution in [0.3, 0.4) is 0 Å². The maximum absolute atomic E-state index is 12.6. The van der Waals surface area contributed by atoms with Gasteiger partial charge in [0.1, 0.15) is 6.54 Å². The minimum absolute atomic E-state index is 0.248. The fraction of sp³-hybridized carbons (Fsp3) is 0.333. The third kappa shape index (κ3) is 3.24. The van der Waals surface area contributed by atoms with Crippen molar-refractivity contribution in [1.82, 2.24) is 9.80 Å². The molecule has 3 rings (SSSR count). The van der Waals surface area contributed by atoms with Crippen LogP contribution in [0.15, 0.2) is 48.0 Å². The van der Waals surface area contributed by atoms with E-state index >= 15 is 0 Å². The van der Waals surface area contributed by atoms with Crippen molar-refractivity contribution in [3.63, 3.8) is 0 Å². The van der Waals surface area contributed by atoms with Gasteiger partial charge in [-0.2, -0.15) is 0 Å². The number of imide groups is 1. The van der Waals surface area contributed by atoms with E-state index in [1.807, 2.05) is 22.8 Å². The second-order valence-corrected chi connectivity index (χ2v) is 6.98. The Hall–Kier alpha value is -2.41. The summed E-state index contributed by atoms with van der Waals surface area (Å²) in [4.78, 5) is 31.9. The molecular formula is C18H21N4O2S+. The normalized spacial score (nSPS) is 20.1. The molecule has 6 nitrogen and oxygen atoms in total. The van der Waals surface area contributed by atoms with Crippen LogP contribution in [0.1, 0.15) is 5.56 Å². The van der Waals surface area contributed by atoms with E-state index in [0.717, 1.165) is 22.2 Å². The van der Waals surface area contributed by atoms with Gasteiger partial charge >= 0.3 is 11.2 Å². The number of carbonyl (C=O) groups is 2. The van der Waals surface area contributed by atoms with Gasteiger partial charge in [-0.15, -0.1) is 0 Å². The summed E-state index contributed by atoms with van der Waals surface area (Å²) in [5.74, 6) is 1.09. The number of urea groups is 1. The summed E-state index contributed by atoms with van der Waals surface area (Å²) >= 11 is 1.60. The second-order valence-electron chi connectivity index (χ2n) is 5.92. The van der Waals surface area contributed by atoms with E-state index in [2.05, 4.69) is 23.7 Å². The number of hydrogen-bond donors (Lipinski definition) is 0. The van der Waals surface area contributed by atoms with Crippen molar-refractivity contribution in [3.05, 3.63) is 48.6 Å². The number of carbonyl (C=O) groups excluding carboxylic acids is 2. The van der Waals surface area contributed by atoms with Crippen LogP contribution >= 0.6 is 11.8 Å². The Balaban J connectivity index is 1.81. The van der Waals surface area contributed by atoms with Gasteiger partial charge in [-0.05, 0) is 28.7 Å². The molecule has 0 bridgehead atoms. The van der Waals surface area contributed by atoms with Crippen molar-refractivity contribution in [3.8, 4) is 0 Å². The van der Waals surface area contributed by atoms with Gasteiger partial charge in [0.25, 0.3) is 17.8 Å². The zero-order valence-corrected chi connectivity index (χ0v) is 15.2. The molecule has 130 valence electrons. The maximum atomic E-state index is 12.6. The van der Waals surface area contributed by atoms with Crippen LogP contribution in [-0.2, 0) is 11.2 Å². The lowest BCUT2D eigenvalue weighted by Crippen LogP contribution is -2.61. The van der Waals surface area contributed by atoms with Crippen molar-refractivity contribution in [1.29, 1.82) is 0 Å². The average Bonchev–Trinajstić information content (AvgIpc) is 2.98. The zero-order valence-electron chi connectivity index (χ0n) is 14.4. The summed E-state index contributed by atoms with van der Waals surface area (Å²) < 4.78 is 1.92. The third-order valence-corrected chi connectivity index (χ3v) is 5.28. The van der Waals surface area contributed by atoms with Crippen LogP contribution in [0.25, 0.3) is 0 Å². The number of aryl methyl sites for hydroxylation is 1. The summed E-state index contributed by atoms with van der Waals surface area (Å²) in [7, 11) is 3.16. The smallest absolute Gasteiger partial charge is 0.269 e. The fourth-order valence-corrected chi connectivity index (χ4v) is 3.94. The lowest BCUT2D eigenvalue weighted by Gasteiger charge is -2.30. The molecule has 25 heavy (non-hydrogen) atoms. The predicted octanol–water partition coefficient (Wildman–Crippen LogP) is 1.82. The Morgan fingerprint density at radius 2 is 1.96 bits per heavy atom. The molecule has 1 aromatic rings. The predicted molar refractivity (Wildman–Crippen MR) is 100 cm³/mol. The molecule has 3 amide bonds. The second kappa shape index (κ2) is 7.23. The monoisotopic (exact) mass is 357 g/mol. The first kappa shape index (κ1) is 17.4. The summed E-state index contributed by atoms with van der Waals surface area (Å²) in [6, 6.07) is 9.34. The summed E-state index contributed by atoms with van der Waals surface area (Å²) in [6.45, 7) is 4.29. The molecular weight excluding hydrogens is 336 g/mol. The Labute approximate surface area is 151 Å². The van der Waals surface area contributed by atoms with Crippen molar-refractivity contribution in [2.75, 3.05) is 26.4 Å². The highest BCUT2D eigenvalue weighted by atomic mass is 32.2. The third-order valence-electron chi connectivity index (χ3n) is 4.28. The zero-order chi connectivity index (χ0) is 18.0. The van der Waals surface area contributed by atoms with E-state index in [1.54, 1.807) is 24.9 Å². The molecule has 1 fully saturated rings. The summed E-state index contributed by atoms with van der Waals surface area (Å²) in [5.41, 5.74) is 1.26. The van der Waals surface area contributed by atoms with Crippen LogP contribution in [0.2, 0.25) is 0 Å². The molecule has 1 saturated heterocycles. The SMILES string of the molecule is C=CC[N+]1=C(SCCc2ccccc2)N=C2C1C(=O)N(C)C(=O)N2C. The van der Waals surface area contributed by atoms with Crippen LogP contribution in [0.4, 0.5) is 4.79 Å². The van der Waals surface area contributed by atoms with Crippen molar-refractivity contribution >= 4 is 34.7 Å². The molecule has 1 unspecified atom stereocenters. The lowest BCUT2D eigenvalue weighted by atomic mass is 10.1. The molecule has 2 aliphatic rings. The maximum Gasteiger partial charge on any atom is 0.358 e. The molecule has 0 radical (unpaired) electrons. The van der Waals surface area contributed by atoms with Gasteiger partial charge in [0, 0.05) is 19.8 Å². The number of amides is 3. The molecule has 0 spiro atoms. The summed E-state index contributed by atoms with van der Waals surface area (Å²) in [5, 5.41) is 0.763. The first-order chi connectivity index (χ1) is 12.0. The van der Waals surface area contributed by atoms with E-state index in [0.29, 0.717) is 12.4 Å². The first-order valence-electron chi connectivity index (χ1n) is 8.09. The van der Waals surface area contributed by atoms with Gasteiger partial charge in [0.15, 0.2) is 0 Å². The molecule has 1 atom stereocenters. The lowest BCUT2D eigenvalue weighted by molar-refractivity contribution is -0.522. The highest BCUT2D eigenvalue weighted by Crippen LogP contribution is 2.23. The number of likely N-dealkylation sites (N-methyl/N-ethyl adjacent to an activating group) is 2. The van der Waals surface area contributed by atoms with E-state index < -0.39 is 6.04 Å². The van der Waals surface area contributed by atoms with Gasteiger partial charge < -0.3 is 0 Å². The van der Waals surface area contributed by atoms with Crippen molar-refractivity contribution < 1.29 is 14.2 Å². The average molecular weight is 357 g/mol. The summed E-state index contributed by atoms with van der Waals surface area (Å²) in [6.07, 6.45) is 2.66. The van der Waals surface area contributed by atoms with E-state index in [-0.39, 0.29) is 11.9 Å². The number of thioether (sulfide) groups is 1. The number of hydrogen-bond acceptors (Lipinski definition) is 4. The molecule has 2 heterocycles. The Morgan fingerprint density at radius 3 is 2.64 bits per heavy atom. The van der Waals surface area contributed by atoms with Crippen LogP contribution in [0.5, 0.6) is 0 Å². The molecule has 0 aromatic heterocycles. The van der Waals surface area contributed by atoms with E-state index in [9.17, 15) is 9.59 Å². The number of benzene rings is 1. The van der Waals surface area contributed by atoms with Crippen LogP contribution < -0.4 is 0 Å². The molecule has 0 saturated carbocycles. The molecule has 1 aromatic carbocycles. The fourth-order valence-electron chi connectivity index (χ4n) is 2.92. The van der Waals surface area contributed by atoms with Gasteiger partial charge in [-0.25, -0.2) is 9.37 Å². The quantitative estimate of drug-likeness (QED) is 0.597. The number of amidine groups is 2. The molecule has 7 heteroatoms. The molecule has 0 N–H and O–H groups in total. The van der Waals surface area contributed by atoms with Crippen LogP contribution in [0, 0.1) is 0 Å². The van der Waals surface area contributed by atoms with Crippen molar-refractivity contribution in [2.24, 2.45) is 4.99 Å². The largest absolute Gasteiger partial charge is 0.358 e. The minimum Gasteiger partial charge on any atom is -0.269 e. The van der Waals surface area contributed by atoms with Gasteiger partial charge in [-0.3, -0.25) is 14.6 Å². The highest BCUT2D eigenvalue weighted by molar-refractivity contribution is 8.13. The first-order valence-corrected chi connectivity index (χ1v) is 9.08. The number of fused-ring (bicyclic) bond motifs is 1. The number of nitrogens with zero attached hydrogens (tertiary/aromatic N) is 4. The van der Waals surface area contributed by atoms with E-state index in [1.165, 1.54) is 17.5 Å². The Bertz CT molecular complexity index is 773. The molecule has 0 aliphatic carbocycles. The Kier molecular flexibility index (Phi) is 5.03. The standard InChI is InChI=1S/C18H21N4O2S/c1-4-11-22-14-15(20(2)18(24)21(3)16(14)23)19-17(22)25-12-10-13-8-6-5-7-9-13/h4-9,14H,1,10-12H2,2-3H3/q+1. The highest BCUT2D eigenvalue weighted by Gasteiger charge is 2.52. The van der Waals surface area contributed by atoms with Crippen molar-refractivity contribution in [2.45, 2.75) is 12.5 Å². The minimum atomic E-state index is -0.551. The van der Waals surface area contributed by atoms with Gasteiger partial charge in [0.2, 0.25) is 0 Å².